The highest BCUT2D eigenvalue weighted by molar-refractivity contribution is 9.08. The van der Waals surface area contributed by atoms with Gasteiger partial charge in [0.15, 0.2) is 9.84 Å². The molecule has 0 unspecified atom stereocenters. The Hall–Kier alpha value is -1.99. The summed E-state index contributed by atoms with van der Waals surface area (Å²) in [6.45, 7) is 0. The molecule has 3 aromatic rings. The molecular formula is C17H14BrFN2O2S. The number of benzene rings is 2. The van der Waals surface area contributed by atoms with Crippen molar-refractivity contribution < 1.29 is 12.8 Å². The van der Waals surface area contributed by atoms with Crippen molar-refractivity contribution in [2.75, 3.05) is 6.26 Å². The summed E-state index contributed by atoms with van der Waals surface area (Å²) in [7, 11) is -3.25. The highest BCUT2D eigenvalue weighted by Crippen LogP contribution is 2.34. The van der Waals surface area contributed by atoms with Crippen LogP contribution in [0.5, 0.6) is 0 Å². The quantitative estimate of drug-likeness (QED) is 0.658. The molecule has 0 spiro atoms. The summed E-state index contributed by atoms with van der Waals surface area (Å²) in [6.07, 6.45) is 1.17. The van der Waals surface area contributed by atoms with Crippen molar-refractivity contribution in [3.05, 3.63) is 60.0 Å². The molecule has 0 fully saturated rings. The SMILES string of the molecule is CS(=O)(=O)c1ccc(-c2n[nH]c(CBr)c2-c2ccc(F)cc2)cc1. The number of sulfone groups is 1. The highest BCUT2D eigenvalue weighted by Gasteiger charge is 2.17. The molecule has 0 bridgehead atoms. The Bertz CT molecular complexity index is 965. The molecule has 0 saturated heterocycles. The van der Waals surface area contributed by atoms with Gasteiger partial charge in [0.05, 0.1) is 10.6 Å². The Kier molecular flexibility index (Phi) is 4.56. The number of nitrogens with zero attached hydrogens (tertiary/aromatic N) is 1. The second-order valence-corrected chi connectivity index (χ2v) is 7.94. The lowest BCUT2D eigenvalue weighted by Gasteiger charge is -2.06. The lowest BCUT2D eigenvalue weighted by atomic mass is 9.99. The van der Waals surface area contributed by atoms with Gasteiger partial charge in [0.25, 0.3) is 0 Å². The van der Waals surface area contributed by atoms with Crippen LogP contribution in [-0.4, -0.2) is 24.9 Å². The Morgan fingerprint density at radius 2 is 1.62 bits per heavy atom. The van der Waals surface area contributed by atoms with E-state index in [1.807, 2.05) is 0 Å². The maximum Gasteiger partial charge on any atom is 0.175 e. The minimum Gasteiger partial charge on any atom is -0.280 e. The normalized spacial score (nSPS) is 11.6. The van der Waals surface area contributed by atoms with Crippen molar-refractivity contribution in [1.29, 1.82) is 0 Å². The second kappa shape index (κ2) is 6.49. The summed E-state index contributed by atoms with van der Waals surface area (Å²) in [5.74, 6) is -0.304. The van der Waals surface area contributed by atoms with Gasteiger partial charge in [0.1, 0.15) is 11.5 Å². The smallest absolute Gasteiger partial charge is 0.175 e. The summed E-state index contributed by atoms with van der Waals surface area (Å²) >= 11 is 3.42. The lowest BCUT2D eigenvalue weighted by molar-refractivity contribution is 0.602. The fourth-order valence-electron chi connectivity index (χ4n) is 2.47. The van der Waals surface area contributed by atoms with Gasteiger partial charge in [-0.3, -0.25) is 5.10 Å². The monoisotopic (exact) mass is 408 g/mol. The molecule has 0 saturated carbocycles. The van der Waals surface area contributed by atoms with Gasteiger partial charge < -0.3 is 0 Å². The first kappa shape index (κ1) is 16.9. The van der Waals surface area contributed by atoms with E-state index in [1.165, 1.54) is 18.4 Å². The van der Waals surface area contributed by atoms with E-state index in [0.717, 1.165) is 22.4 Å². The number of aromatic amines is 1. The Balaban J connectivity index is 2.12. The summed E-state index contributed by atoms with van der Waals surface area (Å²) < 4.78 is 36.4. The van der Waals surface area contributed by atoms with Crippen LogP contribution in [0.4, 0.5) is 4.39 Å². The first-order chi connectivity index (χ1) is 11.4. The predicted octanol–water partition coefficient (Wildman–Crippen LogP) is 4.18. The van der Waals surface area contributed by atoms with Crippen LogP contribution in [0.3, 0.4) is 0 Å². The van der Waals surface area contributed by atoms with Crippen LogP contribution in [0, 0.1) is 5.82 Å². The van der Waals surface area contributed by atoms with E-state index < -0.39 is 9.84 Å². The zero-order valence-electron chi connectivity index (χ0n) is 12.8. The van der Waals surface area contributed by atoms with Crippen molar-refractivity contribution in [2.45, 2.75) is 10.2 Å². The standard InChI is InChI=1S/C17H14BrFN2O2S/c1-24(22,23)14-8-4-12(5-9-14)17-16(15(10-18)20-21-17)11-2-6-13(19)7-3-11/h2-9H,10H2,1H3,(H,20,21). The first-order valence-electron chi connectivity index (χ1n) is 7.10. The van der Waals surface area contributed by atoms with Gasteiger partial charge in [0, 0.05) is 22.7 Å². The van der Waals surface area contributed by atoms with E-state index in [1.54, 1.807) is 36.4 Å². The molecule has 1 aromatic heterocycles. The van der Waals surface area contributed by atoms with Crippen LogP contribution in [0.2, 0.25) is 0 Å². The molecule has 124 valence electrons. The number of rotatable bonds is 4. The van der Waals surface area contributed by atoms with E-state index in [2.05, 4.69) is 26.1 Å². The topological polar surface area (TPSA) is 62.8 Å². The van der Waals surface area contributed by atoms with Crippen LogP contribution in [0.1, 0.15) is 5.69 Å². The van der Waals surface area contributed by atoms with Gasteiger partial charge in [0.2, 0.25) is 0 Å². The second-order valence-electron chi connectivity index (χ2n) is 5.36. The fraction of sp³-hybridized carbons (Fsp3) is 0.118. The summed E-state index contributed by atoms with van der Waals surface area (Å²) in [4.78, 5) is 0.255. The number of alkyl halides is 1. The molecular weight excluding hydrogens is 395 g/mol. The van der Waals surface area contributed by atoms with E-state index in [9.17, 15) is 12.8 Å². The van der Waals surface area contributed by atoms with Crippen molar-refractivity contribution in [3.8, 4) is 22.4 Å². The lowest BCUT2D eigenvalue weighted by Crippen LogP contribution is -1.96. The minimum absolute atomic E-state index is 0.255. The summed E-state index contributed by atoms with van der Waals surface area (Å²) in [5, 5.41) is 7.88. The third-order valence-corrected chi connectivity index (χ3v) is 5.35. The largest absolute Gasteiger partial charge is 0.280 e. The molecule has 24 heavy (non-hydrogen) atoms. The fourth-order valence-corrected chi connectivity index (χ4v) is 3.51. The number of nitrogens with one attached hydrogen (secondary N) is 1. The molecule has 1 heterocycles. The average molecular weight is 409 g/mol. The van der Waals surface area contributed by atoms with Gasteiger partial charge in [-0.05, 0) is 29.8 Å². The molecule has 0 radical (unpaired) electrons. The Labute approximate surface area is 147 Å². The van der Waals surface area contributed by atoms with Gasteiger partial charge in [-0.15, -0.1) is 0 Å². The van der Waals surface area contributed by atoms with Crippen LogP contribution >= 0.6 is 15.9 Å². The summed E-state index contributed by atoms with van der Waals surface area (Å²) in [5.41, 5.74) is 4.03. The van der Waals surface area contributed by atoms with E-state index in [0.29, 0.717) is 11.0 Å². The molecule has 0 aliphatic heterocycles. The van der Waals surface area contributed by atoms with Crippen molar-refractivity contribution >= 4 is 25.8 Å². The Morgan fingerprint density at radius 1 is 1.04 bits per heavy atom. The maximum atomic E-state index is 13.2. The van der Waals surface area contributed by atoms with E-state index >= 15 is 0 Å². The minimum atomic E-state index is -3.25. The molecule has 0 aliphatic rings. The van der Waals surface area contributed by atoms with Gasteiger partial charge in [-0.25, -0.2) is 12.8 Å². The zero-order valence-corrected chi connectivity index (χ0v) is 15.2. The van der Waals surface area contributed by atoms with E-state index in [-0.39, 0.29) is 10.7 Å². The first-order valence-corrected chi connectivity index (χ1v) is 10.1. The van der Waals surface area contributed by atoms with Crippen molar-refractivity contribution in [2.24, 2.45) is 0 Å². The number of halogens is 2. The molecule has 0 aliphatic carbocycles. The molecule has 4 nitrogen and oxygen atoms in total. The number of hydrogen-bond acceptors (Lipinski definition) is 3. The highest BCUT2D eigenvalue weighted by atomic mass is 79.9. The third kappa shape index (κ3) is 3.27. The molecule has 0 amide bonds. The van der Waals surface area contributed by atoms with Crippen molar-refractivity contribution in [3.63, 3.8) is 0 Å². The number of hydrogen-bond donors (Lipinski definition) is 1. The van der Waals surface area contributed by atoms with E-state index in [4.69, 9.17) is 0 Å². The van der Waals surface area contributed by atoms with Crippen LogP contribution < -0.4 is 0 Å². The van der Waals surface area contributed by atoms with Gasteiger partial charge in [-0.1, -0.05) is 40.2 Å². The predicted molar refractivity (Wildman–Crippen MR) is 95.2 cm³/mol. The Morgan fingerprint density at radius 3 is 2.17 bits per heavy atom. The molecule has 3 rings (SSSR count). The van der Waals surface area contributed by atoms with Gasteiger partial charge >= 0.3 is 0 Å². The van der Waals surface area contributed by atoms with Crippen molar-refractivity contribution in [1.82, 2.24) is 10.2 Å². The maximum absolute atomic E-state index is 13.2. The number of H-pyrrole nitrogens is 1. The van der Waals surface area contributed by atoms with Crippen LogP contribution in [-0.2, 0) is 15.2 Å². The van der Waals surface area contributed by atoms with Gasteiger partial charge in [-0.2, -0.15) is 5.10 Å². The number of aromatic nitrogens is 2. The molecule has 2 aromatic carbocycles. The summed E-state index contributed by atoms with van der Waals surface area (Å²) in [6, 6.07) is 12.7. The van der Waals surface area contributed by atoms with Crippen LogP contribution in [0.15, 0.2) is 53.4 Å². The zero-order chi connectivity index (χ0) is 17.3. The molecule has 1 N–H and O–H groups in total. The third-order valence-electron chi connectivity index (χ3n) is 3.66. The average Bonchev–Trinajstić information content (AvgIpc) is 2.99. The molecule has 7 heteroatoms. The molecule has 0 atom stereocenters. The van der Waals surface area contributed by atoms with Crippen LogP contribution in [0.25, 0.3) is 22.4 Å².